The molecule has 36 heavy (non-hydrogen) atoms. The molecule has 8 nitrogen and oxygen atoms in total. The Morgan fingerprint density at radius 1 is 1.22 bits per heavy atom. The molecule has 0 radical (unpaired) electrons. The standard InChI is InChI=1S/C24H27F4N5O3/c1-33-23(20-6-4-17(29)16(28)11-36-20)19(9-30-33)32-24(34)18-5-3-13(25)22(31-18)21-14(26)7-12(10-35-2)8-15(21)27/h3,5,7-9,16-17,20,24,32,34H,4,6,10-11,29H2,1-2H3/t16-,17-,20+,24?/m1/s1. The van der Waals surface area contributed by atoms with Gasteiger partial charge in [-0.05, 0) is 42.7 Å². The summed E-state index contributed by atoms with van der Waals surface area (Å²) in [4.78, 5) is 4.00. The first-order valence-electron chi connectivity index (χ1n) is 11.3. The molecule has 0 spiro atoms. The number of anilines is 1. The van der Waals surface area contributed by atoms with Crippen LogP contribution in [-0.4, -0.2) is 45.8 Å². The Morgan fingerprint density at radius 3 is 2.64 bits per heavy atom. The average molecular weight is 510 g/mol. The first kappa shape index (κ1) is 26.0. The van der Waals surface area contributed by atoms with Gasteiger partial charge in [0.15, 0.2) is 6.23 Å². The number of hydrogen-bond donors (Lipinski definition) is 3. The third kappa shape index (κ3) is 5.36. The van der Waals surface area contributed by atoms with Crippen LogP contribution in [0.4, 0.5) is 23.2 Å². The van der Waals surface area contributed by atoms with E-state index < -0.39 is 53.3 Å². The lowest BCUT2D eigenvalue weighted by Crippen LogP contribution is -2.32. The molecule has 2 aromatic heterocycles. The number of aliphatic hydroxyl groups excluding tert-OH is 1. The van der Waals surface area contributed by atoms with Gasteiger partial charge >= 0.3 is 0 Å². The molecule has 1 saturated heterocycles. The number of nitrogens with zero attached hydrogens (tertiary/aromatic N) is 3. The first-order valence-corrected chi connectivity index (χ1v) is 11.3. The van der Waals surface area contributed by atoms with Crippen molar-refractivity contribution in [2.24, 2.45) is 12.8 Å². The molecular weight excluding hydrogens is 482 g/mol. The third-order valence-electron chi connectivity index (χ3n) is 6.06. The van der Waals surface area contributed by atoms with Crippen LogP contribution in [-0.2, 0) is 23.1 Å². The molecule has 0 saturated carbocycles. The molecule has 0 amide bonds. The summed E-state index contributed by atoms with van der Waals surface area (Å²) in [5, 5.41) is 17.8. The lowest BCUT2D eigenvalue weighted by atomic mass is 10.0. The van der Waals surface area contributed by atoms with Crippen molar-refractivity contribution in [2.45, 2.75) is 44.0 Å². The highest BCUT2D eigenvalue weighted by Gasteiger charge is 2.30. The first-order chi connectivity index (χ1) is 17.2. The molecule has 1 unspecified atom stereocenters. The minimum Gasteiger partial charge on any atom is -0.380 e. The maximum Gasteiger partial charge on any atom is 0.168 e. The molecule has 4 atom stereocenters. The molecule has 0 bridgehead atoms. The van der Waals surface area contributed by atoms with Crippen molar-refractivity contribution in [1.82, 2.24) is 14.8 Å². The van der Waals surface area contributed by atoms with Gasteiger partial charge in [0, 0.05) is 20.2 Å². The monoisotopic (exact) mass is 509 g/mol. The van der Waals surface area contributed by atoms with Gasteiger partial charge in [-0.15, -0.1) is 0 Å². The van der Waals surface area contributed by atoms with E-state index >= 15 is 0 Å². The summed E-state index contributed by atoms with van der Waals surface area (Å²) in [7, 11) is 3.05. The maximum absolute atomic E-state index is 14.7. The van der Waals surface area contributed by atoms with E-state index in [9.17, 15) is 22.7 Å². The van der Waals surface area contributed by atoms with E-state index in [0.29, 0.717) is 24.2 Å². The number of pyridine rings is 1. The molecule has 0 aliphatic carbocycles. The van der Waals surface area contributed by atoms with Crippen molar-refractivity contribution >= 4 is 5.69 Å². The fourth-order valence-electron chi connectivity index (χ4n) is 4.20. The normalized spacial score (nSPS) is 21.3. The van der Waals surface area contributed by atoms with Gasteiger partial charge in [0.2, 0.25) is 0 Å². The number of nitrogens with one attached hydrogen (secondary N) is 1. The van der Waals surface area contributed by atoms with Crippen LogP contribution in [0.5, 0.6) is 0 Å². The number of ether oxygens (including phenoxy) is 2. The molecule has 3 aromatic rings. The van der Waals surface area contributed by atoms with Gasteiger partial charge in [-0.3, -0.25) is 4.68 Å². The fourth-order valence-corrected chi connectivity index (χ4v) is 4.20. The van der Waals surface area contributed by atoms with Gasteiger partial charge in [0.1, 0.15) is 35.4 Å². The Labute approximate surface area is 205 Å². The zero-order valence-corrected chi connectivity index (χ0v) is 19.7. The predicted octanol–water partition coefficient (Wildman–Crippen LogP) is 3.67. The molecule has 4 rings (SSSR count). The Bertz CT molecular complexity index is 1190. The number of aliphatic hydroxyl groups is 1. The van der Waals surface area contributed by atoms with Crippen LogP contribution in [0.3, 0.4) is 0 Å². The number of aryl methyl sites for hydroxylation is 1. The minimum absolute atomic E-state index is 0.0250. The number of aromatic nitrogens is 3. The summed E-state index contributed by atoms with van der Waals surface area (Å²) in [6, 6.07) is 3.58. The quantitative estimate of drug-likeness (QED) is 0.330. The highest BCUT2D eigenvalue weighted by atomic mass is 19.1. The van der Waals surface area contributed by atoms with Crippen LogP contribution in [0, 0.1) is 17.5 Å². The van der Waals surface area contributed by atoms with E-state index in [1.807, 2.05) is 0 Å². The van der Waals surface area contributed by atoms with E-state index in [4.69, 9.17) is 15.2 Å². The van der Waals surface area contributed by atoms with Gasteiger partial charge in [0.25, 0.3) is 0 Å². The van der Waals surface area contributed by atoms with Gasteiger partial charge < -0.3 is 25.6 Å². The molecule has 1 aliphatic heterocycles. The smallest absolute Gasteiger partial charge is 0.168 e. The molecule has 1 fully saturated rings. The molecule has 3 heterocycles. The number of rotatable bonds is 7. The summed E-state index contributed by atoms with van der Waals surface area (Å²) in [6.07, 6.45) is -1.06. The van der Waals surface area contributed by atoms with Crippen LogP contribution < -0.4 is 11.1 Å². The van der Waals surface area contributed by atoms with E-state index in [1.54, 1.807) is 7.05 Å². The fraction of sp³-hybridized carbons (Fsp3) is 0.417. The van der Waals surface area contributed by atoms with Crippen LogP contribution in [0.1, 0.15) is 42.1 Å². The largest absolute Gasteiger partial charge is 0.380 e. The number of benzene rings is 1. The number of methoxy groups -OCH3 is 1. The van der Waals surface area contributed by atoms with Gasteiger partial charge in [-0.25, -0.2) is 22.5 Å². The van der Waals surface area contributed by atoms with Crippen LogP contribution in [0.2, 0.25) is 0 Å². The zero-order chi connectivity index (χ0) is 26.0. The minimum atomic E-state index is -1.49. The van der Waals surface area contributed by atoms with Crippen LogP contribution >= 0.6 is 0 Å². The second-order valence-electron chi connectivity index (χ2n) is 8.63. The van der Waals surface area contributed by atoms with Crippen molar-refractivity contribution in [3.63, 3.8) is 0 Å². The van der Waals surface area contributed by atoms with Crippen molar-refractivity contribution in [2.75, 3.05) is 19.0 Å². The number of halogens is 4. The topological polar surface area (TPSA) is 107 Å². The lowest BCUT2D eigenvalue weighted by Gasteiger charge is -2.20. The van der Waals surface area contributed by atoms with Crippen molar-refractivity contribution in [1.29, 1.82) is 0 Å². The van der Waals surface area contributed by atoms with Gasteiger partial charge in [-0.2, -0.15) is 5.10 Å². The molecule has 1 aliphatic rings. The van der Waals surface area contributed by atoms with E-state index in [-0.39, 0.29) is 24.5 Å². The summed E-state index contributed by atoms with van der Waals surface area (Å²) in [5.74, 6) is -3.00. The van der Waals surface area contributed by atoms with Crippen molar-refractivity contribution < 1.29 is 32.1 Å². The number of hydrogen-bond acceptors (Lipinski definition) is 7. The predicted molar refractivity (Wildman–Crippen MR) is 123 cm³/mol. The maximum atomic E-state index is 14.7. The Balaban J connectivity index is 1.61. The second-order valence-corrected chi connectivity index (χ2v) is 8.63. The molecule has 4 N–H and O–H groups in total. The van der Waals surface area contributed by atoms with Gasteiger partial charge in [0.05, 0.1) is 42.0 Å². The van der Waals surface area contributed by atoms with Crippen LogP contribution in [0.25, 0.3) is 11.3 Å². The highest BCUT2D eigenvalue weighted by Crippen LogP contribution is 2.34. The van der Waals surface area contributed by atoms with Crippen LogP contribution in [0.15, 0.2) is 30.5 Å². The number of nitrogens with two attached hydrogens (primary N) is 1. The Kier molecular flexibility index (Phi) is 7.88. The van der Waals surface area contributed by atoms with Crippen molar-refractivity contribution in [3.8, 4) is 11.3 Å². The molecule has 194 valence electrons. The molecule has 12 heteroatoms. The zero-order valence-electron chi connectivity index (χ0n) is 19.7. The summed E-state index contributed by atoms with van der Waals surface area (Å²) in [6.45, 7) is -0.203. The Morgan fingerprint density at radius 2 is 1.94 bits per heavy atom. The second kappa shape index (κ2) is 10.9. The summed E-state index contributed by atoms with van der Waals surface area (Å²) >= 11 is 0. The molecule has 1 aromatic carbocycles. The average Bonchev–Trinajstić information content (AvgIpc) is 3.10. The summed E-state index contributed by atoms with van der Waals surface area (Å²) in [5.41, 5.74) is 5.63. The van der Waals surface area contributed by atoms with E-state index in [1.165, 1.54) is 24.1 Å². The summed E-state index contributed by atoms with van der Waals surface area (Å²) < 4.78 is 70.0. The highest BCUT2D eigenvalue weighted by molar-refractivity contribution is 5.62. The lowest BCUT2D eigenvalue weighted by molar-refractivity contribution is 0.0246. The van der Waals surface area contributed by atoms with Crippen molar-refractivity contribution in [3.05, 3.63) is 64.9 Å². The third-order valence-corrected chi connectivity index (χ3v) is 6.06. The van der Waals surface area contributed by atoms with Gasteiger partial charge in [-0.1, -0.05) is 0 Å². The Hall–Kier alpha value is -3.06. The van der Waals surface area contributed by atoms with E-state index in [0.717, 1.165) is 18.2 Å². The molecular formula is C24H27F4N5O3. The SMILES string of the molecule is COCc1cc(F)c(-c2nc(C(O)Nc3cnn(C)c3[C@@H]3CC[C@@H](N)[C@H](F)CO3)ccc2F)c(F)c1. The van der Waals surface area contributed by atoms with E-state index in [2.05, 4.69) is 15.4 Å². The number of alkyl halides is 1.